The van der Waals surface area contributed by atoms with Gasteiger partial charge in [-0.2, -0.15) is 0 Å². The molecule has 0 bridgehead atoms. The van der Waals surface area contributed by atoms with Gasteiger partial charge in [0.15, 0.2) is 18.9 Å². The molecule has 0 aromatic heterocycles. The molecule has 3 fully saturated rings. The van der Waals surface area contributed by atoms with E-state index in [-0.39, 0.29) is 0 Å². The molecule has 3 saturated heterocycles. The molecular formula is C21H36N2O17. The van der Waals surface area contributed by atoms with Gasteiger partial charge in [0.05, 0.1) is 6.54 Å². The van der Waals surface area contributed by atoms with Gasteiger partial charge in [-0.1, -0.05) is 0 Å². The molecule has 13 N–H and O–H groups in total. The number of ether oxygens (including phenoxy) is 3. The molecular weight excluding hydrogens is 552 g/mol. The van der Waals surface area contributed by atoms with Gasteiger partial charge in [-0.25, -0.2) is 0 Å². The molecule has 3 rings (SSSR count). The molecule has 0 aliphatic carbocycles. The van der Waals surface area contributed by atoms with E-state index in [1.807, 2.05) is 0 Å². The van der Waals surface area contributed by atoms with E-state index in [1.165, 1.54) is 0 Å². The second-order valence-electron chi connectivity index (χ2n) is 9.90. The first-order valence-corrected chi connectivity index (χ1v) is 12.3. The summed E-state index contributed by atoms with van der Waals surface area (Å²) < 4.78 is 15.2. The van der Waals surface area contributed by atoms with Crippen LogP contribution in [-0.4, -0.2) is 189 Å². The summed E-state index contributed by atoms with van der Waals surface area (Å²) in [5, 5.41) is 122. The van der Waals surface area contributed by atoms with Crippen LogP contribution in [0.4, 0.5) is 0 Å². The number of rotatable bonds is 7. The second-order valence-corrected chi connectivity index (χ2v) is 9.90. The van der Waals surface area contributed by atoms with Crippen LogP contribution in [0.2, 0.25) is 0 Å². The maximum atomic E-state index is 13.4. The average Bonchev–Trinajstić information content (AvgIpc) is 2.91. The maximum Gasteiger partial charge on any atom is 0.245 e. The van der Waals surface area contributed by atoms with Crippen molar-refractivity contribution in [2.75, 3.05) is 13.1 Å². The van der Waals surface area contributed by atoms with Gasteiger partial charge in [0, 0.05) is 13.5 Å². The number of carbonyl (C=O) groups is 2. The van der Waals surface area contributed by atoms with Crippen molar-refractivity contribution in [1.29, 1.82) is 0 Å². The van der Waals surface area contributed by atoms with Gasteiger partial charge in [-0.15, -0.1) is 0 Å². The number of hydrogen-bond acceptors (Lipinski definition) is 17. The Bertz CT molecular complexity index is 884. The van der Waals surface area contributed by atoms with Gasteiger partial charge >= 0.3 is 0 Å². The Labute approximate surface area is 226 Å². The maximum absolute atomic E-state index is 13.4. The molecule has 232 valence electrons. The lowest BCUT2D eigenvalue weighted by atomic mass is 9.91. The molecule has 3 heterocycles. The van der Waals surface area contributed by atoms with Crippen molar-refractivity contribution in [1.82, 2.24) is 10.2 Å². The van der Waals surface area contributed by atoms with Crippen LogP contribution in [0.3, 0.4) is 0 Å². The van der Waals surface area contributed by atoms with Crippen LogP contribution in [0.5, 0.6) is 0 Å². The third kappa shape index (κ3) is 6.53. The van der Waals surface area contributed by atoms with Crippen LogP contribution in [0.1, 0.15) is 6.92 Å². The SMILES string of the molecule is CC(=O)N(C[C@H]1O[C@H](O)[C@H](O)[C@@H](O)[C@H]1O)C(C(=O)NC[C@@H]1O[C@H](O)[C@H](O)[C@@H](O)[C@H]1O)[C@@H]1O[C@H](O)[C@H](O)[C@@H](O)[C@H]1O. The highest BCUT2D eigenvalue weighted by atomic mass is 16.7. The topological polar surface area (TPSA) is 320 Å². The van der Waals surface area contributed by atoms with Crippen molar-refractivity contribution >= 4 is 11.8 Å². The average molecular weight is 589 g/mol. The molecule has 0 radical (unpaired) electrons. The lowest BCUT2D eigenvalue weighted by Gasteiger charge is -2.46. The highest BCUT2D eigenvalue weighted by Crippen LogP contribution is 2.28. The minimum Gasteiger partial charge on any atom is -0.388 e. The molecule has 2 amide bonds. The molecule has 0 spiro atoms. The Balaban J connectivity index is 1.89. The molecule has 16 atom stereocenters. The van der Waals surface area contributed by atoms with Gasteiger partial charge in [0.2, 0.25) is 11.8 Å². The monoisotopic (exact) mass is 588 g/mol. The second kappa shape index (κ2) is 13.1. The number of nitrogens with one attached hydrogen (secondary N) is 1. The fourth-order valence-electron chi connectivity index (χ4n) is 4.74. The fourth-order valence-corrected chi connectivity index (χ4v) is 4.74. The predicted molar refractivity (Wildman–Crippen MR) is 121 cm³/mol. The third-order valence-electron chi connectivity index (χ3n) is 7.17. The number of amides is 2. The lowest BCUT2D eigenvalue weighted by molar-refractivity contribution is -0.295. The lowest BCUT2D eigenvalue weighted by Crippen LogP contribution is -2.69. The first-order chi connectivity index (χ1) is 18.6. The molecule has 3 aliphatic rings. The summed E-state index contributed by atoms with van der Waals surface area (Å²) in [6, 6.07) is -2.01. The molecule has 0 saturated carbocycles. The van der Waals surface area contributed by atoms with Gasteiger partial charge < -0.3 is 85.7 Å². The minimum atomic E-state index is -2.15. The molecule has 19 heteroatoms. The Morgan fingerprint density at radius 2 is 1.05 bits per heavy atom. The van der Waals surface area contributed by atoms with Gasteiger partial charge in [0.1, 0.15) is 79.3 Å². The standard InChI is InChI=1S/C21H36N2O17/c1-4(24)23(3-6-9(26)11(28)15(32)20(36)39-6)7(17-13(30)12(29)16(33)21(37)40-17)18(34)22-2-5-8(25)10(27)14(31)19(35)38-5/h5-17,19-21,25-33,35-37H,2-3H2,1H3,(H,22,34)/t5-,6+,7?,8-,9-,10-,11-,12-,13+,14+,15+,16+,17-,19-,20-,21-/m0/s1. The Hall–Kier alpha value is -1.66. The zero-order valence-electron chi connectivity index (χ0n) is 21.0. The summed E-state index contributed by atoms with van der Waals surface area (Å²) in [7, 11) is 0. The van der Waals surface area contributed by atoms with E-state index in [9.17, 15) is 70.9 Å². The largest absolute Gasteiger partial charge is 0.388 e. The van der Waals surface area contributed by atoms with E-state index in [2.05, 4.69) is 5.32 Å². The Kier molecular flexibility index (Phi) is 10.8. The summed E-state index contributed by atoms with van der Waals surface area (Å²) in [6.07, 6.45) is -28.7. The van der Waals surface area contributed by atoms with E-state index in [1.54, 1.807) is 0 Å². The van der Waals surface area contributed by atoms with Gasteiger partial charge in [0.25, 0.3) is 0 Å². The van der Waals surface area contributed by atoms with Crippen molar-refractivity contribution in [3.63, 3.8) is 0 Å². The molecule has 19 nitrogen and oxygen atoms in total. The van der Waals surface area contributed by atoms with Gasteiger partial charge in [-0.3, -0.25) is 9.59 Å². The van der Waals surface area contributed by atoms with Crippen LogP contribution in [0.15, 0.2) is 0 Å². The van der Waals surface area contributed by atoms with Crippen molar-refractivity contribution in [3.05, 3.63) is 0 Å². The van der Waals surface area contributed by atoms with E-state index in [0.717, 1.165) is 6.92 Å². The number of hydrogen-bond donors (Lipinski definition) is 13. The van der Waals surface area contributed by atoms with E-state index >= 15 is 0 Å². The third-order valence-corrected chi connectivity index (χ3v) is 7.17. The van der Waals surface area contributed by atoms with Crippen LogP contribution < -0.4 is 5.32 Å². The summed E-state index contributed by atoms with van der Waals surface area (Å²) in [5.74, 6) is -2.17. The summed E-state index contributed by atoms with van der Waals surface area (Å²) in [6.45, 7) is -0.551. The predicted octanol–water partition coefficient (Wildman–Crippen LogP) is -9.28. The molecule has 3 aliphatic heterocycles. The minimum absolute atomic E-state index is 0.622. The first kappa shape index (κ1) is 32.8. The van der Waals surface area contributed by atoms with E-state index in [0.29, 0.717) is 4.90 Å². The van der Waals surface area contributed by atoms with Crippen LogP contribution >= 0.6 is 0 Å². The van der Waals surface area contributed by atoms with Crippen molar-refractivity contribution in [2.45, 2.75) is 105 Å². The Morgan fingerprint density at radius 1 is 0.625 bits per heavy atom. The number of aliphatic hydroxyl groups excluding tert-OH is 12. The summed E-state index contributed by atoms with van der Waals surface area (Å²) in [4.78, 5) is 26.8. The van der Waals surface area contributed by atoms with Crippen molar-refractivity contribution < 1.29 is 85.1 Å². The molecule has 0 aromatic carbocycles. The highest BCUT2D eigenvalue weighted by molar-refractivity contribution is 5.87. The molecule has 40 heavy (non-hydrogen) atoms. The zero-order chi connectivity index (χ0) is 30.2. The van der Waals surface area contributed by atoms with E-state index < -0.39 is 123 Å². The highest BCUT2D eigenvalue weighted by Gasteiger charge is 2.52. The normalized spacial score (nSPS) is 46.9. The van der Waals surface area contributed by atoms with E-state index in [4.69, 9.17) is 14.2 Å². The van der Waals surface area contributed by atoms with Crippen molar-refractivity contribution in [2.24, 2.45) is 0 Å². The number of aliphatic hydroxyl groups is 12. The van der Waals surface area contributed by atoms with Crippen LogP contribution in [0, 0.1) is 0 Å². The quantitative estimate of drug-likeness (QED) is 0.131. The molecule has 0 aromatic rings. The smallest absolute Gasteiger partial charge is 0.245 e. The van der Waals surface area contributed by atoms with Gasteiger partial charge in [-0.05, 0) is 0 Å². The van der Waals surface area contributed by atoms with Crippen LogP contribution in [0.25, 0.3) is 0 Å². The van der Waals surface area contributed by atoms with Crippen LogP contribution in [-0.2, 0) is 23.8 Å². The first-order valence-electron chi connectivity index (χ1n) is 12.3. The Morgan fingerprint density at radius 3 is 1.55 bits per heavy atom. The van der Waals surface area contributed by atoms with Crippen molar-refractivity contribution in [3.8, 4) is 0 Å². The molecule has 1 unspecified atom stereocenters. The summed E-state index contributed by atoms with van der Waals surface area (Å²) >= 11 is 0. The fraction of sp³-hybridized carbons (Fsp3) is 0.905. The zero-order valence-corrected chi connectivity index (χ0v) is 21.0. The summed E-state index contributed by atoms with van der Waals surface area (Å²) in [5.41, 5.74) is 0. The number of carbonyl (C=O) groups excluding carboxylic acids is 2. The number of nitrogens with zero attached hydrogens (tertiary/aromatic N) is 1.